The summed E-state index contributed by atoms with van der Waals surface area (Å²) in [4.78, 5) is 4.34. The average molecular weight is 216 g/mol. The molecule has 0 spiro atoms. The van der Waals surface area contributed by atoms with Crippen molar-refractivity contribution in [2.45, 2.75) is 20.3 Å². The second kappa shape index (κ2) is 3.07. The Labute approximate surface area is 93.1 Å². The van der Waals surface area contributed by atoms with Gasteiger partial charge in [0.25, 0.3) is 5.82 Å². The van der Waals surface area contributed by atoms with E-state index in [1.165, 1.54) is 5.82 Å². The van der Waals surface area contributed by atoms with Crippen LogP contribution < -0.4 is 4.57 Å². The molecule has 0 aliphatic rings. The molecule has 0 atom stereocenters. The van der Waals surface area contributed by atoms with E-state index in [0.717, 1.165) is 23.0 Å². The molecule has 0 radical (unpaired) electrons. The van der Waals surface area contributed by atoms with E-state index in [2.05, 4.69) is 40.3 Å². The summed E-state index contributed by atoms with van der Waals surface area (Å²) >= 11 is 0. The van der Waals surface area contributed by atoms with Crippen molar-refractivity contribution in [1.29, 1.82) is 0 Å². The Morgan fingerprint density at radius 1 is 1.50 bits per heavy atom. The highest BCUT2D eigenvalue weighted by Crippen LogP contribution is 2.21. The molecule has 82 valence electrons. The zero-order valence-corrected chi connectivity index (χ0v) is 9.69. The molecule has 3 aromatic rings. The van der Waals surface area contributed by atoms with E-state index in [0.29, 0.717) is 5.89 Å². The molecule has 3 aromatic heterocycles. The van der Waals surface area contributed by atoms with Gasteiger partial charge in [-0.25, -0.2) is 9.55 Å². The molecule has 16 heavy (non-hydrogen) atoms. The van der Waals surface area contributed by atoms with Crippen LogP contribution in [0.15, 0.2) is 22.9 Å². The van der Waals surface area contributed by atoms with Gasteiger partial charge >= 0.3 is 0 Å². The van der Waals surface area contributed by atoms with Crippen molar-refractivity contribution >= 4 is 16.6 Å². The fraction of sp³-hybridized carbons (Fsp3) is 0.333. The van der Waals surface area contributed by atoms with Crippen molar-refractivity contribution in [3.8, 4) is 0 Å². The lowest BCUT2D eigenvalue weighted by atomic mass is 10.3. The SMILES string of the molecule is CCc1n2ccc3nc(C)oc3c2c[n+]1C. The number of rotatable bonds is 1. The molecule has 3 heterocycles. The minimum absolute atomic E-state index is 0.713. The van der Waals surface area contributed by atoms with Crippen LogP contribution in [0.2, 0.25) is 0 Å². The smallest absolute Gasteiger partial charge is 0.261 e. The third-order valence-corrected chi connectivity index (χ3v) is 2.95. The standard InChI is InChI=1S/C12H14N3O/c1-4-11-14(3)7-10-12-9(5-6-15(10)11)13-8(2)16-12/h5-7H,4H2,1-3H3/q+1. The number of hydrogen-bond donors (Lipinski definition) is 0. The lowest BCUT2D eigenvalue weighted by molar-refractivity contribution is -0.677. The zero-order chi connectivity index (χ0) is 11.3. The normalized spacial score (nSPS) is 11.7. The first-order valence-electron chi connectivity index (χ1n) is 5.46. The highest BCUT2D eigenvalue weighted by atomic mass is 16.3. The molecule has 0 saturated carbocycles. The van der Waals surface area contributed by atoms with Gasteiger partial charge in [0.1, 0.15) is 11.7 Å². The Bertz CT molecular complexity index is 678. The maximum absolute atomic E-state index is 5.65. The first-order chi connectivity index (χ1) is 7.70. The van der Waals surface area contributed by atoms with Crippen LogP contribution >= 0.6 is 0 Å². The van der Waals surface area contributed by atoms with Crippen molar-refractivity contribution < 1.29 is 8.98 Å². The van der Waals surface area contributed by atoms with Crippen LogP contribution in [0.3, 0.4) is 0 Å². The molecular formula is C12H14N3O+. The van der Waals surface area contributed by atoms with Gasteiger partial charge in [0.05, 0.1) is 13.2 Å². The molecule has 3 rings (SSSR count). The van der Waals surface area contributed by atoms with Crippen molar-refractivity contribution in [3.63, 3.8) is 0 Å². The fourth-order valence-electron chi connectivity index (χ4n) is 2.27. The molecule has 0 saturated heterocycles. The number of nitrogens with zero attached hydrogens (tertiary/aromatic N) is 3. The van der Waals surface area contributed by atoms with E-state index < -0.39 is 0 Å². The summed E-state index contributed by atoms with van der Waals surface area (Å²) in [7, 11) is 2.06. The van der Waals surface area contributed by atoms with Crippen molar-refractivity contribution in [2.24, 2.45) is 7.05 Å². The van der Waals surface area contributed by atoms with E-state index in [9.17, 15) is 0 Å². The molecule has 0 aromatic carbocycles. The first kappa shape index (κ1) is 9.39. The molecule has 0 fully saturated rings. The Balaban J connectivity index is 2.51. The Morgan fingerprint density at radius 3 is 3.06 bits per heavy atom. The average Bonchev–Trinajstić information content (AvgIpc) is 2.76. The fourth-order valence-corrected chi connectivity index (χ4v) is 2.27. The van der Waals surface area contributed by atoms with Crippen molar-refractivity contribution in [2.75, 3.05) is 0 Å². The van der Waals surface area contributed by atoms with E-state index in [4.69, 9.17) is 4.42 Å². The van der Waals surface area contributed by atoms with Gasteiger partial charge in [0, 0.05) is 19.4 Å². The minimum Gasteiger partial charge on any atom is -0.436 e. The van der Waals surface area contributed by atoms with Gasteiger partial charge in [-0.15, -0.1) is 0 Å². The van der Waals surface area contributed by atoms with Gasteiger partial charge in [0.2, 0.25) is 11.1 Å². The molecule has 0 aliphatic carbocycles. The highest BCUT2D eigenvalue weighted by molar-refractivity contribution is 5.87. The van der Waals surface area contributed by atoms with Crippen LogP contribution in [0, 0.1) is 6.92 Å². The quantitative estimate of drug-likeness (QED) is 0.581. The Hall–Kier alpha value is -1.84. The lowest BCUT2D eigenvalue weighted by Crippen LogP contribution is -2.30. The summed E-state index contributed by atoms with van der Waals surface area (Å²) in [5.74, 6) is 1.97. The van der Waals surface area contributed by atoms with Crippen LogP contribution in [0.5, 0.6) is 0 Å². The molecule has 4 heteroatoms. The number of aromatic nitrogens is 3. The second-order valence-corrected chi connectivity index (χ2v) is 4.03. The predicted octanol–water partition coefficient (Wildman–Crippen LogP) is 1.78. The van der Waals surface area contributed by atoms with E-state index in [1.54, 1.807) is 0 Å². The van der Waals surface area contributed by atoms with Gasteiger partial charge in [-0.3, -0.25) is 0 Å². The van der Waals surface area contributed by atoms with Crippen LogP contribution in [0.25, 0.3) is 16.6 Å². The number of pyridine rings is 1. The molecule has 0 N–H and O–H groups in total. The van der Waals surface area contributed by atoms with Gasteiger partial charge in [-0.05, 0) is 0 Å². The summed E-state index contributed by atoms with van der Waals surface area (Å²) in [6, 6.07) is 2.00. The number of aryl methyl sites for hydroxylation is 3. The molecule has 0 aliphatic heterocycles. The largest absolute Gasteiger partial charge is 0.436 e. The number of imidazole rings is 1. The molecule has 4 nitrogen and oxygen atoms in total. The summed E-state index contributed by atoms with van der Waals surface area (Å²) in [5.41, 5.74) is 2.87. The number of oxazole rings is 1. The van der Waals surface area contributed by atoms with Gasteiger partial charge in [-0.1, -0.05) is 6.92 Å². The van der Waals surface area contributed by atoms with Crippen LogP contribution in [-0.2, 0) is 13.5 Å². The maximum atomic E-state index is 5.65. The summed E-state index contributed by atoms with van der Waals surface area (Å²) in [5, 5.41) is 0. The highest BCUT2D eigenvalue weighted by Gasteiger charge is 2.18. The van der Waals surface area contributed by atoms with Crippen LogP contribution in [0.4, 0.5) is 0 Å². The monoisotopic (exact) mass is 216 g/mol. The topological polar surface area (TPSA) is 34.3 Å². The van der Waals surface area contributed by atoms with Gasteiger partial charge in [0.15, 0.2) is 5.89 Å². The minimum atomic E-state index is 0.713. The third-order valence-electron chi connectivity index (χ3n) is 2.95. The molecule has 0 bridgehead atoms. The van der Waals surface area contributed by atoms with Crippen LogP contribution in [-0.4, -0.2) is 9.38 Å². The van der Waals surface area contributed by atoms with E-state index in [1.807, 2.05) is 13.0 Å². The van der Waals surface area contributed by atoms with Gasteiger partial charge in [-0.2, -0.15) is 4.40 Å². The van der Waals surface area contributed by atoms with E-state index in [-0.39, 0.29) is 0 Å². The maximum Gasteiger partial charge on any atom is 0.261 e. The number of hydrogen-bond acceptors (Lipinski definition) is 2. The summed E-state index contributed by atoms with van der Waals surface area (Å²) in [6.07, 6.45) is 5.13. The zero-order valence-electron chi connectivity index (χ0n) is 9.69. The van der Waals surface area contributed by atoms with Crippen molar-refractivity contribution in [3.05, 3.63) is 30.2 Å². The van der Waals surface area contributed by atoms with Gasteiger partial charge < -0.3 is 4.42 Å². The Morgan fingerprint density at radius 2 is 2.31 bits per heavy atom. The molecule has 0 amide bonds. The Kier molecular flexibility index (Phi) is 1.80. The molecule has 0 unspecified atom stereocenters. The van der Waals surface area contributed by atoms with Crippen molar-refractivity contribution in [1.82, 2.24) is 9.38 Å². The predicted molar refractivity (Wildman–Crippen MR) is 60.3 cm³/mol. The lowest BCUT2D eigenvalue weighted by Gasteiger charge is -1.91. The van der Waals surface area contributed by atoms with E-state index >= 15 is 0 Å². The third kappa shape index (κ3) is 1.10. The first-order valence-corrected chi connectivity index (χ1v) is 5.46. The molecular weight excluding hydrogens is 202 g/mol. The van der Waals surface area contributed by atoms with Crippen LogP contribution in [0.1, 0.15) is 18.6 Å². The summed E-state index contributed by atoms with van der Waals surface area (Å²) < 4.78 is 9.94. The summed E-state index contributed by atoms with van der Waals surface area (Å²) in [6.45, 7) is 4.03. The second-order valence-electron chi connectivity index (χ2n) is 4.03. The number of fused-ring (bicyclic) bond motifs is 3.